The van der Waals surface area contributed by atoms with Gasteiger partial charge in [0, 0.05) is 34.4 Å². The molecule has 5 rings (SSSR count). The third-order valence-electron chi connectivity index (χ3n) is 5.54. The fourth-order valence-electron chi connectivity index (χ4n) is 3.93. The van der Waals surface area contributed by atoms with E-state index in [0.717, 1.165) is 33.3 Å². The Morgan fingerprint density at radius 1 is 1.03 bits per heavy atom. The van der Waals surface area contributed by atoms with E-state index in [1.807, 2.05) is 44.2 Å². The van der Waals surface area contributed by atoms with E-state index in [4.69, 9.17) is 11.6 Å². The second-order valence-electron chi connectivity index (χ2n) is 7.69. The van der Waals surface area contributed by atoms with Crippen LogP contribution in [0.3, 0.4) is 0 Å². The molecule has 32 heavy (non-hydrogen) atoms. The number of hydrogen-bond acceptors (Lipinski definition) is 5. The summed E-state index contributed by atoms with van der Waals surface area (Å²) in [6, 6.07) is 17.7. The Balaban J connectivity index is 1.60. The van der Waals surface area contributed by atoms with Gasteiger partial charge < -0.3 is 4.57 Å². The zero-order chi connectivity index (χ0) is 22.2. The van der Waals surface area contributed by atoms with Gasteiger partial charge in [0.25, 0.3) is 0 Å². The average molecular weight is 459 g/mol. The molecular weight excluding hydrogens is 440 g/mol. The Labute approximate surface area is 194 Å². The zero-order valence-corrected chi connectivity index (χ0v) is 19.1. The summed E-state index contributed by atoms with van der Waals surface area (Å²) in [6.07, 6.45) is 3.15. The molecule has 3 aromatic heterocycles. The van der Waals surface area contributed by atoms with Gasteiger partial charge in [-0.25, -0.2) is 9.97 Å². The minimum Gasteiger partial charge on any atom is -0.340 e. The summed E-state index contributed by atoms with van der Waals surface area (Å²) in [5.41, 5.74) is 6.30. The lowest BCUT2D eigenvalue weighted by molar-refractivity contribution is 0.104. The van der Waals surface area contributed by atoms with Crippen molar-refractivity contribution in [3.63, 3.8) is 0 Å². The maximum absolute atomic E-state index is 13.7. The van der Waals surface area contributed by atoms with Gasteiger partial charge >= 0.3 is 0 Å². The Hall–Kier alpha value is -3.35. The molecule has 0 amide bonds. The molecule has 0 fully saturated rings. The minimum absolute atomic E-state index is 0.0224. The Morgan fingerprint density at radius 3 is 2.59 bits per heavy atom. The minimum atomic E-state index is -0.0224. The Morgan fingerprint density at radius 2 is 1.84 bits per heavy atom. The monoisotopic (exact) mass is 458 g/mol. The van der Waals surface area contributed by atoms with E-state index in [-0.39, 0.29) is 5.78 Å². The third kappa shape index (κ3) is 3.72. The summed E-state index contributed by atoms with van der Waals surface area (Å²) in [6.45, 7) is 4.70. The summed E-state index contributed by atoms with van der Waals surface area (Å²) < 4.78 is 6.65. The van der Waals surface area contributed by atoms with Crippen molar-refractivity contribution >= 4 is 39.8 Å². The molecule has 5 aromatic rings. The number of rotatable bonds is 5. The van der Waals surface area contributed by atoms with Gasteiger partial charge in [0.2, 0.25) is 5.78 Å². The lowest BCUT2D eigenvalue weighted by Gasteiger charge is -2.09. The van der Waals surface area contributed by atoms with Gasteiger partial charge in [0.05, 0.1) is 16.1 Å². The number of ketones is 1. The van der Waals surface area contributed by atoms with Crippen LogP contribution in [0.4, 0.5) is 0 Å². The molecule has 2 aromatic carbocycles. The SMILES string of the molecule is Cc1ccc2c(c1)c(C(=O)c1cc(-c3ccncn3)ns1)c(C)n2Cc1ccc(Cl)cc1. The van der Waals surface area contributed by atoms with E-state index in [1.54, 1.807) is 12.3 Å². The highest BCUT2D eigenvalue weighted by Crippen LogP contribution is 2.32. The average Bonchev–Trinajstić information content (AvgIpc) is 3.39. The summed E-state index contributed by atoms with van der Waals surface area (Å²) in [5, 5.41) is 1.66. The van der Waals surface area contributed by atoms with Gasteiger partial charge in [-0.2, -0.15) is 4.37 Å². The van der Waals surface area contributed by atoms with Crippen molar-refractivity contribution in [1.82, 2.24) is 18.9 Å². The van der Waals surface area contributed by atoms with Crippen LogP contribution in [0.5, 0.6) is 0 Å². The van der Waals surface area contributed by atoms with E-state index in [9.17, 15) is 4.79 Å². The summed E-state index contributed by atoms with van der Waals surface area (Å²) >= 11 is 7.25. The molecule has 0 radical (unpaired) electrons. The molecule has 0 aliphatic carbocycles. The van der Waals surface area contributed by atoms with E-state index >= 15 is 0 Å². The van der Waals surface area contributed by atoms with Crippen LogP contribution in [0.2, 0.25) is 5.02 Å². The van der Waals surface area contributed by atoms with Crippen molar-refractivity contribution in [3.8, 4) is 11.4 Å². The standard InChI is InChI=1S/C25H19ClN4OS/c1-15-3-8-22-19(11-15)24(16(2)30(22)13-17-4-6-18(26)7-5-17)25(31)23-12-21(29-32-23)20-9-10-27-14-28-20/h3-12,14H,13H2,1-2H3. The molecule has 158 valence electrons. The number of carbonyl (C=O) groups excluding carboxylic acids is 1. The maximum Gasteiger partial charge on any atom is 0.207 e. The second kappa shape index (κ2) is 8.30. The van der Waals surface area contributed by atoms with Crippen LogP contribution in [-0.4, -0.2) is 24.7 Å². The van der Waals surface area contributed by atoms with Gasteiger partial charge in [-0.1, -0.05) is 35.4 Å². The number of benzene rings is 2. The first-order valence-electron chi connectivity index (χ1n) is 10.1. The highest BCUT2D eigenvalue weighted by atomic mass is 35.5. The lowest BCUT2D eigenvalue weighted by atomic mass is 10.0. The third-order valence-corrected chi connectivity index (χ3v) is 6.58. The maximum atomic E-state index is 13.7. The lowest BCUT2D eigenvalue weighted by Crippen LogP contribution is -2.05. The number of aryl methyl sites for hydroxylation is 1. The molecule has 0 unspecified atom stereocenters. The Kier molecular flexibility index (Phi) is 5.33. The van der Waals surface area contributed by atoms with E-state index < -0.39 is 0 Å². The smallest absolute Gasteiger partial charge is 0.207 e. The van der Waals surface area contributed by atoms with Gasteiger partial charge in [-0.15, -0.1) is 0 Å². The van der Waals surface area contributed by atoms with Crippen molar-refractivity contribution < 1.29 is 4.79 Å². The molecule has 5 nitrogen and oxygen atoms in total. The molecule has 0 N–H and O–H groups in total. The molecule has 0 saturated carbocycles. The molecule has 0 bridgehead atoms. The second-order valence-corrected chi connectivity index (χ2v) is 8.94. The van der Waals surface area contributed by atoms with Crippen molar-refractivity contribution in [2.45, 2.75) is 20.4 Å². The first-order chi connectivity index (χ1) is 15.5. The number of carbonyl (C=O) groups is 1. The molecular formula is C25H19ClN4OS. The van der Waals surface area contributed by atoms with Crippen LogP contribution in [0, 0.1) is 13.8 Å². The highest BCUT2D eigenvalue weighted by Gasteiger charge is 2.23. The first kappa shape index (κ1) is 20.5. The topological polar surface area (TPSA) is 60.7 Å². The van der Waals surface area contributed by atoms with Crippen molar-refractivity contribution in [3.05, 3.63) is 99.4 Å². The fraction of sp³-hybridized carbons (Fsp3) is 0.120. The summed E-state index contributed by atoms with van der Waals surface area (Å²) in [5.74, 6) is -0.0224. The molecule has 0 aliphatic rings. The van der Waals surface area contributed by atoms with Crippen LogP contribution in [0.1, 0.15) is 32.1 Å². The molecule has 0 atom stereocenters. The van der Waals surface area contributed by atoms with Crippen LogP contribution >= 0.6 is 23.1 Å². The molecule has 0 aliphatic heterocycles. The highest BCUT2D eigenvalue weighted by molar-refractivity contribution is 7.08. The van der Waals surface area contributed by atoms with Gasteiger partial charge in [0.1, 0.15) is 12.0 Å². The normalized spacial score (nSPS) is 11.2. The number of aromatic nitrogens is 4. The molecule has 0 spiro atoms. The van der Waals surface area contributed by atoms with Crippen molar-refractivity contribution in [2.75, 3.05) is 0 Å². The van der Waals surface area contributed by atoms with Gasteiger partial charge in [-0.3, -0.25) is 4.79 Å². The predicted octanol–water partition coefficient (Wildman–Crippen LogP) is 6.10. The van der Waals surface area contributed by atoms with Crippen molar-refractivity contribution in [1.29, 1.82) is 0 Å². The quantitative estimate of drug-likeness (QED) is 0.298. The number of halogens is 1. The predicted molar refractivity (Wildman–Crippen MR) is 129 cm³/mol. The van der Waals surface area contributed by atoms with Gasteiger partial charge in [0.15, 0.2) is 0 Å². The number of hydrogen-bond donors (Lipinski definition) is 0. The number of fused-ring (bicyclic) bond motifs is 1. The van der Waals surface area contributed by atoms with E-state index in [2.05, 4.69) is 37.1 Å². The first-order valence-corrected chi connectivity index (χ1v) is 11.3. The zero-order valence-electron chi connectivity index (χ0n) is 17.5. The fourth-order valence-corrected chi connectivity index (χ4v) is 4.75. The van der Waals surface area contributed by atoms with E-state index in [1.165, 1.54) is 17.9 Å². The largest absolute Gasteiger partial charge is 0.340 e. The summed E-state index contributed by atoms with van der Waals surface area (Å²) in [7, 11) is 0. The molecule has 0 saturated heterocycles. The molecule has 3 heterocycles. The van der Waals surface area contributed by atoms with Crippen LogP contribution in [-0.2, 0) is 6.54 Å². The summed E-state index contributed by atoms with van der Waals surface area (Å²) in [4.78, 5) is 22.4. The van der Waals surface area contributed by atoms with E-state index in [0.29, 0.717) is 27.8 Å². The van der Waals surface area contributed by atoms with Crippen LogP contribution in [0.15, 0.2) is 67.1 Å². The molecule has 7 heteroatoms. The van der Waals surface area contributed by atoms with Gasteiger partial charge in [-0.05, 0) is 67.3 Å². The van der Waals surface area contributed by atoms with Crippen molar-refractivity contribution in [2.24, 2.45) is 0 Å². The Bertz CT molecular complexity index is 1440. The number of nitrogens with zero attached hydrogens (tertiary/aromatic N) is 4. The van der Waals surface area contributed by atoms with Crippen LogP contribution < -0.4 is 0 Å². The van der Waals surface area contributed by atoms with Crippen LogP contribution in [0.25, 0.3) is 22.3 Å².